The number of benzene rings is 1. The number of likely N-dealkylation sites (tertiary alicyclic amines) is 1. The quantitative estimate of drug-likeness (QED) is 0.869. The molecule has 5 nitrogen and oxygen atoms in total. The van der Waals surface area contributed by atoms with Gasteiger partial charge >= 0.3 is 0 Å². The van der Waals surface area contributed by atoms with Crippen LogP contribution in [-0.4, -0.2) is 48.1 Å². The average Bonchev–Trinajstić information content (AvgIpc) is 2.59. The van der Waals surface area contributed by atoms with E-state index < -0.39 is 0 Å². The zero-order valence-corrected chi connectivity index (χ0v) is 13.0. The summed E-state index contributed by atoms with van der Waals surface area (Å²) in [6.07, 6.45) is 2.74. The summed E-state index contributed by atoms with van der Waals surface area (Å²) in [5.41, 5.74) is 1.04. The smallest absolute Gasteiger partial charge is 0.253 e. The van der Waals surface area contributed by atoms with Crippen LogP contribution in [0.3, 0.4) is 0 Å². The third kappa shape index (κ3) is 4.07. The first-order valence-electron chi connectivity index (χ1n) is 7.94. The maximum atomic E-state index is 12.6. The molecule has 5 heteroatoms. The summed E-state index contributed by atoms with van der Waals surface area (Å²) in [6.45, 7) is 4.03. The fourth-order valence-electron chi connectivity index (χ4n) is 2.72. The molecule has 0 aromatic heterocycles. The lowest BCUT2D eigenvalue weighted by atomic mass is 9.98. The van der Waals surface area contributed by atoms with Gasteiger partial charge in [-0.05, 0) is 43.4 Å². The highest BCUT2D eigenvalue weighted by Crippen LogP contribution is 2.18. The molecular formula is C17H24N2O3. The number of carbonyl (C=O) groups excluding carboxylic acids is 2. The average molecular weight is 304 g/mol. The first-order chi connectivity index (χ1) is 10.7. The van der Waals surface area contributed by atoms with Gasteiger partial charge in [-0.3, -0.25) is 9.59 Å². The highest BCUT2D eigenvalue weighted by molar-refractivity contribution is 5.99. The van der Waals surface area contributed by atoms with Crippen LogP contribution in [0.1, 0.15) is 46.9 Å². The molecule has 120 valence electrons. The molecule has 1 aliphatic heterocycles. The Morgan fingerprint density at radius 1 is 1.36 bits per heavy atom. The summed E-state index contributed by atoms with van der Waals surface area (Å²) < 4.78 is 0. The van der Waals surface area contributed by atoms with Gasteiger partial charge in [-0.2, -0.15) is 0 Å². The summed E-state index contributed by atoms with van der Waals surface area (Å²) in [6, 6.07) is 6.84. The van der Waals surface area contributed by atoms with E-state index in [2.05, 4.69) is 5.32 Å². The number of hydrogen-bond donors (Lipinski definition) is 2. The zero-order chi connectivity index (χ0) is 15.9. The van der Waals surface area contributed by atoms with Gasteiger partial charge < -0.3 is 15.3 Å². The zero-order valence-electron chi connectivity index (χ0n) is 13.0. The number of aliphatic hydroxyl groups is 1. The Bertz CT molecular complexity index is 530. The van der Waals surface area contributed by atoms with Crippen molar-refractivity contribution in [3.63, 3.8) is 0 Å². The van der Waals surface area contributed by atoms with Crippen LogP contribution in [-0.2, 0) is 0 Å². The topological polar surface area (TPSA) is 69.6 Å². The van der Waals surface area contributed by atoms with Gasteiger partial charge in [0.2, 0.25) is 0 Å². The van der Waals surface area contributed by atoms with Gasteiger partial charge in [0.15, 0.2) is 0 Å². The van der Waals surface area contributed by atoms with Crippen molar-refractivity contribution in [2.24, 2.45) is 5.92 Å². The van der Waals surface area contributed by atoms with Gasteiger partial charge in [0, 0.05) is 37.4 Å². The van der Waals surface area contributed by atoms with E-state index in [0.29, 0.717) is 30.8 Å². The molecule has 0 aliphatic carbocycles. The molecule has 2 N–H and O–H groups in total. The van der Waals surface area contributed by atoms with Crippen LogP contribution >= 0.6 is 0 Å². The van der Waals surface area contributed by atoms with Gasteiger partial charge in [0.1, 0.15) is 0 Å². The molecule has 1 aromatic rings. The Labute approximate surface area is 131 Å². The van der Waals surface area contributed by atoms with Crippen molar-refractivity contribution in [1.29, 1.82) is 0 Å². The second-order valence-corrected chi connectivity index (χ2v) is 5.78. The number of carbonyl (C=O) groups is 2. The molecule has 1 heterocycles. The Hall–Kier alpha value is -1.88. The molecule has 1 aliphatic rings. The van der Waals surface area contributed by atoms with E-state index in [9.17, 15) is 14.7 Å². The number of aliphatic hydroxyl groups excluding tert-OH is 1. The molecule has 22 heavy (non-hydrogen) atoms. The molecule has 1 fully saturated rings. The number of nitrogens with zero attached hydrogens (tertiary/aromatic N) is 1. The first kappa shape index (κ1) is 16.5. The maximum Gasteiger partial charge on any atom is 0.253 e. The largest absolute Gasteiger partial charge is 0.396 e. The van der Waals surface area contributed by atoms with E-state index in [0.717, 1.165) is 19.3 Å². The van der Waals surface area contributed by atoms with E-state index in [1.807, 2.05) is 6.92 Å². The van der Waals surface area contributed by atoms with Crippen LogP contribution in [0.25, 0.3) is 0 Å². The number of amides is 2. The molecule has 0 radical (unpaired) electrons. The molecule has 0 spiro atoms. The molecule has 1 unspecified atom stereocenters. The number of hydrogen-bond acceptors (Lipinski definition) is 3. The number of rotatable bonds is 5. The van der Waals surface area contributed by atoms with Crippen LogP contribution in [0, 0.1) is 5.92 Å². The molecular weight excluding hydrogens is 280 g/mol. The van der Waals surface area contributed by atoms with Crippen LogP contribution in [0.4, 0.5) is 0 Å². The molecule has 2 rings (SSSR count). The molecule has 0 saturated carbocycles. The summed E-state index contributed by atoms with van der Waals surface area (Å²) in [5, 5.41) is 12.1. The minimum Gasteiger partial charge on any atom is -0.396 e. The van der Waals surface area contributed by atoms with Gasteiger partial charge in [0.05, 0.1) is 0 Å². The molecule has 1 atom stereocenters. The Morgan fingerprint density at radius 3 is 2.86 bits per heavy atom. The standard InChI is InChI=1S/C17H24N2O3/c1-2-8-18-16(21)14-6-3-7-15(10-14)17(22)19-9-4-5-13(11-19)12-20/h3,6-7,10,13,20H,2,4-5,8-9,11-12H2,1H3,(H,18,21). The van der Waals surface area contributed by atoms with Gasteiger partial charge in [-0.1, -0.05) is 13.0 Å². The Balaban J connectivity index is 2.08. The molecule has 1 aromatic carbocycles. The normalized spacial score (nSPS) is 18.1. The van der Waals surface area contributed by atoms with Crippen LogP contribution < -0.4 is 5.32 Å². The summed E-state index contributed by atoms with van der Waals surface area (Å²) in [4.78, 5) is 26.3. The highest BCUT2D eigenvalue weighted by Gasteiger charge is 2.24. The van der Waals surface area contributed by atoms with Crippen LogP contribution in [0.5, 0.6) is 0 Å². The highest BCUT2D eigenvalue weighted by atomic mass is 16.3. The fourth-order valence-corrected chi connectivity index (χ4v) is 2.72. The maximum absolute atomic E-state index is 12.6. The molecule has 0 bridgehead atoms. The van der Waals surface area contributed by atoms with E-state index in [4.69, 9.17) is 0 Å². The summed E-state index contributed by atoms with van der Waals surface area (Å²) in [5.74, 6) is -0.0552. The van der Waals surface area contributed by atoms with Crippen LogP contribution in [0.15, 0.2) is 24.3 Å². The van der Waals surface area contributed by atoms with Gasteiger partial charge in [0.25, 0.3) is 11.8 Å². The monoisotopic (exact) mass is 304 g/mol. The van der Waals surface area contributed by atoms with E-state index >= 15 is 0 Å². The predicted molar refractivity (Wildman–Crippen MR) is 84.8 cm³/mol. The minimum absolute atomic E-state index is 0.0664. The minimum atomic E-state index is -0.150. The Kier molecular flexibility index (Phi) is 5.95. The van der Waals surface area contributed by atoms with Crippen molar-refractivity contribution >= 4 is 11.8 Å². The second-order valence-electron chi connectivity index (χ2n) is 5.78. The second kappa shape index (κ2) is 7.94. The van der Waals surface area contributed by atoms with E-state index in [1.54, 1.807) is 29.2 Å². The fraction of sp³-hybridized carbons (Fsp3) is 0.529. The van der Waals surface area contributed by atoms with Crippen molar-refractivity contribution in [3.8, 4) is 0 Å². The number of piperidine rings is 1. The third-order valence-electron chi connectivity index (χ3n) is 3.97. The Morgan fingerprint density at radius 2 is 2.14 bits per heavy atom. The van der Waals surface area contributed by atoms with Crippen molar-refractivity contribution in [2.75, 3.05) is 26.2 Å². The summed E-state index contributed by atoms with van der Waals surface area (Å²) in [7, 11) is 0. The lowest BCUT2D eigenvalue weighted by molar-refractivity contribution is 0.0620. The van der Waals surface area contributed by atoms with Crippen molar-refractivity contribution in [1.82, 2.24) is 10.2 Å². The molecule has 1 saturated heterocycles. The van der Waals surface area contributed by atoms with Gasteiger partial charge in [-0.25, -0.2) is 0 Å². The lowest BCUT2D eigenvalue weighted by Crippen LogP contribution is -2.41. The third-order valence-corrected chi connectivity index (χ3v) is 3.97. The van der Waals surface area contributed by atoms with Crippen molar-refractivity contribution in [3.05, 3.63) is 35.4 Å². The SMILES string of the molecule is CCCNC(=O)c1cccc(C(=O)N2CCCC(CO)C2)c1. The van der Waals surface area contributed by atoms with Crippen molar-refractivity contribution < 1.29 is 14.7 Å². The lowest BCUT2D eigenvalue weighted by Gasteiger charge is -2.32. The first-order valence-corrected chi connectivity index (χ1v) is 7.94. The van der Waals surface area contributed by atoms with E-state index in [-0.39, 0.29) is 24.3 Å². The molecule has 2 amide bonds. The van der Waals surface area contributed by atoms with Crippen molar-refractivity contribution in [2.45, 2.75) is 26.2 Å². The summed E-state index contributed by atoms with van der Waals surface area (Å²) >= 11 is 0. The number of nitrogens with one attached hydrogen (secondary N) is 1. The predicted octanol–water partition coefficient (Wildman–Crippen LogP) is 1.67. The van der Waals surface area contributed by atoms with E-state index in [1.165, 1.54) is 0 Å². The van der Waals surface area contributed by atoms with Crippen LogP contribution in [0.2, 0.25) is 0 Å². The van der Waals surface area contributed by atoms with Gasteiger partial charge in [-0.15, -0.1) is 0 Å².